The lowest BCUT2D eigenvalue weighted by atomic mass is 9.97. The molecule has 0 aromatic heterocycles. The van der Waals surface area contributed by atoms with Crippen LogP contribution in [0.1, 0.15) is 48.0 Å². The maximum atomic E-state index is 12.7. The van der Waals surface area contributed by atoms with Crippen molar-refractivity contribution >= 4 is 35.8 Å². The maximum absolute atomic E-state index is 12.7. The molecule has 33 heavy (non-hydrogen) atoms. The molecule has 0 aromatic carbocycles. The normalized spacial score (nSPS) is 25.1. The molecule has 6 atom stereocenters. The minimum absolute atomic E-state index is 0.122. The van der Waals surface area contributed by atoms with E-state index >= 15 is 0 Å². The first-order valence-electron chi connectivity index (χ1n) is 10.1. The van der Waals surface area contributed by atoms with Gasteiger partial charge in [0.15, 0.2) is 30.6 Å². The zero-order valence-electron chi connectivity index (χ0n) is 19.3. The largest absolute Gasteiger partial charge is 0.463 e. The van der Waals surface area contributed by atoms with Gasteiger partial charge in [0.1, 0.15) is 12.7 Å². The van der Waals surface area contributed by atoms with Crippen LogP contribution in [0.25, 0.3) is 0 Å². The fourth-order valence-corrected chi connectivity index (χ4v) is 3.10. The van der Waals surface area contributed by atoms with Crippen LogP contribution in [0, 0.1) is 0 Å². The topological polar surface area (TPSA) is 170 Å². The molecule has 0 aliphatic carbocycles. The van der Waals surface area contributed by atoms with Gasteiger partial charge in [-0.3, -0.25) is 28.8 Å². The van der Waals surface area contributed by atoms with Crippen LogP contribution in [0.4, 0.5) is 0 Å². The average Bonchev–Trinajstić information content (AvgIpc) is 2.67. The molecule has 1 heterocycles. The van der Waals surface area contributed by atoms with E-state index in [1.54, 1.807) is 6.92 Å². The van der Waals surface area contributed by atoms with Crippen LogP contribution >= 0.6 is 0 Å². The highest BCUT2D eigenvalue weighted by molar-refractivity contribution is 5.83. The molecule has 1 aliphatic heterocycles. The summed E-state index contributed by atoms with van der Waals surface area (Å²) in [6.07, 6.45) is -7.95. The van der Waals surface area contributed by atoms with Crippen LogP contribution in [0.3, 0.4) is 0 Å². The van der Waals surface area contributed by atoms with Crippen LogP contribution in [-0.2, 0) is 57.2 Å². The zero-order chi connectivity index (χ0) is 25.3. The van der Waals surface area contributed by atoms with Crippen LogP contribution in [0.2, 0.25) is 0 Å². The van der Waals surface area contributed by atoms with E-state index in [1.807, 2.05) is 0 Å². The molecule has 0 aromatic rings. The van der Waals surface area contributed by atoms with Gasteiger partial charge in [0.05, 0.1) is 0 Å². The molecule has 1 N–H and O–H groups in total. The number of hydrogen-bond acceptors (Lipinski definition) is 12. The summed E-state index contributed by atoms with van der Waals surface area (Å²) in [7, 11) is 0. The van der Waals surface area contributed by atoms with Gasteiger partial charge in [0.25, 0.3) is 5.91 Å². The highest BCUT2D eigenvalue weighted by atomic mass is 16.7. The SMILES string of the molecule is CC[C@H](OC(C)=O)C(=O)N[C@@H]1O[C@H](COC(C)=O)[C@@H](OC(C)=O)[C@H](OC(C)=O)[C@H]1OC(C)=O. The quantitative estimate of drug-likeness (QED) is 0.336. The molecular weight excluding hydrogens is 446 g/mol. The molecule has 0 spiro atoms. The molecule has 0 unspecified atom stereocenters. The molecular formula is C20H29NO12. The summed E-state index contributed by atoms with van der Waals surface area (Å²) >= 11 is 0. The van der Waals surface area contributed by atoms with Gasteiger partial charge in [-0.15, -0.1) is 0 Å². The van der Waals surface area contributed by atoms with Crippen molar-refractivity contribution in [1.82, 2.24) is 5.32 Å². The summed E-state index contributed by atoms with van der Waals surface area (Å²) in [5.74, 6) is -4.55. The molecule has 13 heteroatoms. The predicted octanol–water partition coefficient (Wildman–Crippen LogP) is -0.473. The van der Waals surface area contributed by atoms with Crippen LogP contribution in [0.5, 0.6) is 0 Å². The van der Waals surface area contributed by atoms with E-state index in [2.05, 4.69) is 5.32 Å². The van der Waals surface area contributed by atoms with Gasteiger partial charge in [-0.2, -0.15) is 0 Å². The van der Waals surface area contributed by atoms with Gasteiger partial charge in [-0.05, 0) is 6.42 Å². The molecule has 186 valence electrons. The summed E-state index contributed by atoms with van der Waals surface area (Å²) in [5, 5.41) is 2.44. The third-order valence-corrected chi connectivity index (χ3v) is 4.25. The third kappa shape index (κ3) is 9.04. The number of amides is 1. The minimum atomic E-state index is -1.46. The first kappa shape index (κ1) is 27.8. The van der Waals surface area contributed by atoms with Crippen molar-refractivity contribution in [3.63, 3.8) is 0 Å². The van der Waals surface area contributed by atoms with E-state index in [0.29, 0.717) is 0 Å². The predicted molar refractivity (Wildman–Crippen MR) is 106 cm³/mol. The molecule has 1 fully saturated rings. The van der Waals surface area contributed by atoms with E-state index in [1.165, 1.54) is 0 Å². The minimum Gasteiger partial charge on any atom is -0.463 e. The Morgan fingerprint density at radius 2 is 1.27 bits per heavy atom. The lowest BCUT2D eigenvalue weighted by molar-refractivity contribution is -0.257. The standard InChI is InChI=1S/C20H29NO12/c1-7-14(29-10(3)23)19(27)21-20-18(32-13(6)26)17(31-12(5)25)16(30-11(4)24)15(33-20)8-28-9(2)22/h14-18,20H,7-8H2,1-6H3,(H,21,27)/t14-,15+,16+,17-,18+,20+/m0/s1. The highest BCUT2D eigenvalue weighted by Gasteiger charge is 2.52. The lowest BCUT2D eigenvalue weighted by Gasteiger charge is -2.44. The summed E-state index contributed by atoms with van der Waals surface area (Å²) < 4.78 is 31.4. The van der Waals surface area contributed by atoms with Gasteiger partial charge >= 0.3 is 29.8 Å². The second-order valence-electron chi connectivity index (χ2n) is 7.13. The molecule has 13 nitrogen and oxygen atoms in total. The maximum Gasteiger partial charge on any atom is 0.303 e. The Bertz CT molecular complexity index is 766. The van der Waals surface area contributed by atoms with Crippen molar-refractivity contribution in [2.24, 2.45) is 0 Å². The van der Waals surface area contributed by atoms with Crippen molar-refractivity contribution in [2.45, 2.75) is 84.7 Å². The van der Waals surface area contributed by atoms with Gasteiger partial charge < -0.3 is 33.7 Å². The van der Waals surface area contributed by atoms with Gasteiger partial charge in [0.2, 0.25) is 0 Å². The number of hydrogen-bond donors (Lipinski definition) is 1. The van der Waals surface area contributed by atoms with Crippen LogP contribution < -0.4 is 5.32 Å². The monoisotopic (exact) mass is 475 g/mol. The molecule has 1 amide bonds. The van der Waals surface area contributed by atoms with E-state index < -0.39 is 79.1 Å². The Kier molecular flexibility index (Phi) is 10.7. The first-order valence-corrected chi connectivity index (χ1v) is 10.1. The highest BCUT2D eigenvalue weighted by Crippen LogP contribution is 2.28. The van der Waals surface area contributed by atoms with E-state index in [0.717, 1.165) is 34.6 Å². The number of carbonyl (C=O) groups excluding carboxylic acids is 6. The van der Waals surface area contributed by atoms with Crippen molar-refractivity contribution in [1.29, 1.82) is 0 Å². The zero-order valence-corrected chi connectivity index (χ0v) is 19.3. The van der Waals surface area contributed by atoms with E-state index in [4.69, 9.17) is 28.4 Å². The second-order valence-corrected chi connectivity index (χ2v) is 7.13. The molecule has 0 radical (unpaired) electrons. The number of esters is 5. The number of rotatable bonds is 9. The molecule has 0 bridgehead atoms. The Hall–Kier alpha value is -3.22. The smallest absolute Gasteiger partial charge is 0.303 e. The third-order valence-electron chi connectivity index (χ3n) is 4.25. The average molecular weight is 475 g/mol. The van der Waals surface area contributed by atoms with E-state index in [9.17, 15) is 28.8 Å². The van der Waals surface area contributed by atoms with Crippen LogP contribution in [-0.4, -0.2) is 79.1 Å². The second kappa shape index (κ2) is 12.7. The summed E-state index contributed by atoms with van der Waals surface area (Å²) in [5.41, 5.74) is 0. The van der Waals surface area contributed by atoms with Gasteiger partial charge in [0, 0.05) is 34.6 Å². The molecule has 1 saturated heterocycles. The first-order chi connectivity index (χ1) is 15.3. The van der Waals surface area contributed by atoms with Crippen molar-refractivity contribution in [3.05, 3.63) is 0 Å². The summed E-state index contributed by atoms with van der Waals surface area (Å²) in [4.78, 5) is 70.5. The van der Waals surface area contributed by atoms with Crippen LogP contribution in [0.15, 0.2) is 0 Å². The van der Waals surface area contributed by atoms with Crippen molar-refractivity contribution in [3.8, 4) is 0 Å². The summed E-state index contributed by atoms with van der Waals surface area (Å²) in [6, 6.07) is 0. The fourth-order valence-electron chi connectivity index (χ4n) is 3.10. The Balaban J connectivity index is 3.36. The van der Waals surface area contributed by atoms with Crippen molar-refractivity contribution in [2.75, 3.05) is 6.61 Å². The summed E-state index contributed by atoms with van der Waals surface area (Å²) in [6.45, 7) is 6.67. The van der Waals surface area contributed by atoms with E-state index in [-0.39, 0.29) is 6.42 Å². The Labute approximate surface area is 190 Å². The fraction of sp³-hybridized carbons (Fsp3) is 0.700. The van der Waals surface area contributed by atoms with Crippen molar-refractivity contribution < 1.29 is 57.2 Å². The van der Waals surface area contributed by atoms with Gasteiger partial charge in [-0.1, -0.05) is 6.92 Å². The lowest BCUT2D eigenvalue weighted by Crippen LogP contribution is -2.66. The number of carbonyl (C=O) groups is 6. The molecule has 1 rings (SSSR count). The molecule has 0 saturated carbocycles. The number of ether oxygens (including phenoxy) is 6. The molecule has 1 aliphatic rings. The number of nitrogens with one attached hydrogen (secondary N) is 1. The Morgan fingerprint density at radius 3 is 1.73 bits per heavy atom. The Morgan fingerprint density at radius 1 is 0.758 bits per heavy atom. The van der Waals surface area contributed by atoms with Gasteiger partial charge in [-0.25, -0.2) is 0 Å².